The second kappa shape index (κ2) is 16.9. The second-order valence-corrected chi connectivity index (χ2v) is 13.8. The minimum atomic E-state index is -1.24. The molecule has 2 rings (SSSR count). The van der Waals surface area contributed by atoms with Crippen LogP contribution in [0, 0.1) is 0 Å². The van der Waals surface area contributed by atoms with Crippen LogP contribution in [0.15, 0.2) is 54.6 Å². The zero-order valence-corrected chi connectivity index (χ0v) is 29.2. The van der Waals surface area contributed by atoms with Gasteiger partial charge in [0.2, 0.25) is 17.7 Å². The fourth-order valence-corrected chi connectivity index (χ4v) is 4.89. The van der Waals surface area contributed by atoms with Crippen LogP contribution in [0.1, 0.15) is 97.9 Å². The molecular formula is C36H52N4O7. The SMILES string of the molecule is CCc1ccc(C(C(=O)NC(Cc2ccccc2)C(=O)OC(C)(C)C)N(C(=O)C(CCC(N)=O)NC(=O)OC(C)(C)C)C(C)C)cc1. The highest BCUT2D eigenvalue weighted by Crippen LogP contribution is 2.27. The van der Waals surface area contributed by atoms with E-state index in [0.717, 1.165) is 17.5 Å². The Hall–Kier alpha value is -4.41. The summed E-state index contributed by atoms with van der Waals surface area (Å²) in [6.07, 6.45) is -0.256. The molecule has 3 atom stereocenters. The van der Waals surface area contributed by atoms with Crippen LogP contribution in [-0.4, -0.2) is 64.0 Å². The molecule has 0 heterocycles. The largest absolute Gasteiger partial charge is 0.458 e. The summed E-state index contributed by atoms with van der Waals surface area (Å²) in [7, 11) is 0. The zero-order valence-electron chi connectivity index (χ0n) is 29.2. The molecule has 2 aromatic carbocycles. The van der Waals surface area contributed by atoms with Gasteiger partial charge >= 0.3 is 12.1 Å². The van der Waals surface area contributed by atoms with Crippen LogP contribution in [-0.2, 0) is 41.5 Å². The van der Waals surface area contributed by atoms with Gasteiger partial charge in [0, 0.05) is 18.9 Å². The number of carbonyl (C=O) groups excluding carboxylic acids is 5. The lowest BCUT2D eigenvalue weighted by Crippen LogP contribution is -2.56. The molecule has 47 heavy (non-hydrogen) atoms. The first-order valence-corrected chi connectivity index (χ1v) is 16.1. The van der Waals surface area contributed by atoms with Crippen molar-refractivity contribution in [1.82, 2.24) is 15.5 Å². The van der Waals surface area contributed by atoms with Crippen molar-refractivity contribution < 1.29 is 33.4 Å². The van der Waals surface area contributed by atoms with Crippen LogP contribution >= 0.6 is 0 Å². The van der Waals surface area contributed by atoms with E-state index in [2.05, 4.69) is 10.6 Å². The molecule has 3 unspecified atom stereocenters. The van der Waals surface area contributed by atoms with Gasteiger partial charge < -0.3 is 30.7 Å². The zero-order chi connectivity index (χ0) is 35.5. The number of hydrogen-bond acceptors (Lipinski definition) is 7. The third kappa shape index (κ3) is 13.1. The number of rotatable bonds is 14. The third-order valence-corrected chi connectivity index (χ3v) is 7.00. The molecule has 4 amide bonds. The molecule has 0 bridgehead atoms. The normalized spacial score (nSPS) is 13.6. The molecule has 2 aromatic rings. The lowest BCUT2D eigenvalue weighted by molar-refractivity contribution is -0.159. The number of alkyl carbamates (subject to hydrolysis) is 1. The van der Waals surface area contributed by atoms with Gasteiger partial charge in [0.05, 0.1) is 0 Å². The van der Waals surface area contributed by atoms with Gasteiger partial charge in [-0.1, -0.05) is 61.5 Å². The number of nitrogens with one attached hydrogen (secondary N) is 2. The predicted octanol–water partition coefficient (Wildman–Crippen LogP) is 4.76. The number of carbonyl (C=O) groups is 5. The van der Waals surface area contributed by atoms with Gasteiger partial charge in [0.25, 0.3) is 0 Å². The van der Waals surface area contributed by atoms with Gasteiger partial charge in [-0.25, -0.2) is 9.59 Å². The molecule has 0 aliphatic heterocycles. The first-order valence-electron chi connectivity index (χ1n) is 16.1. The van der Waals surface area contributed by atoms with Gasteiger partial charge in [-0.2, -0.15) is 0 Å². The highest BCUT2D eigenvalue weighted by Gasteiger charge is 2.39. The van der Waals surface area contributed by atoms with E-state index in [4.69, 9.17) is 15.2 Å². The molecule has 0 saturated heterocycles. The third-order valence-electron chi connectivity index (χ3n) is 7.00. The molecule has 4 N–H and O–H groups in total. The first-order chi connectivity index (χ1) is 21.8. The monoisotopic (exact) mass is 652 g/mol. The molecule has 0 spiro atoms. The number of benzene rings is 2. The fourth-order valence-electron chi connectivity index (χ4n) is 4.89. The predicted molar refractivity (Wildman–Crippen MR) is 180 cm³/mol. The lowest BCUT2D eigenvalue weighted by atomic mass is 9.97. The van der Waals surface area contributed by atoms with E-state index >= 15 is 0 Å². The van der Waals surface area contributed by atoms with E-state index in [0.29, 0.717) is 5.56 Å². The van der Waals surface area contributed by atoms with Crippen molar-refractivity contribution in [3.8, 4) is 0 Å². The summed E-state index contributed by atoms with van der Waals surface area (Å²) in [5.74, 6) is -2.52. The van der Waals surface area contributed by atoms with E-state index in [1.165, 1.54) is 4.90 Å². The summed E-state index contributed by atoms with van der Waals surface area (Å²) in [5, 5.41) is 5.45. The second-order valence-electron chi connectivity index (χ2n) is 13.8. The summed E-state index contributed by atoms with van der Waals surface area (Å²) in [5.41, 5.74) is 6.07. The number of ether oxygens (including phenoxy) is 2. The molecular weight excluding hydrogens is 600 g/mol. The van der Waals surface area contributed by atoms with E-state index in [9.17, 15) is 24.0 Å². The molecule has 0 aromatic heterocycles. The summed E-state index contributed by atoms with van der Waals surface area (Å²) in [6.45, 7) is 15.8. The molecule has 11 nitrogen and oxygen atoms in total. The molecule has 258 valence electrons. The molecule has 0 radical (unpaired) electrons. The Morgan fingerprint density at radius 3 is 1.85 bits per heavy atom. The smallest absolute Gasteiger partial charge is 0.408 e. The number of hydrogen-bond donors (Lipinski definition) is 3. The van der Waals surface area contributed by atoms with Crippen molar-refractivity contribution >= 4 is 29.8 Å². The van der Waals surface area contributed by atoms with Crippen LogP contribution in [0.2, 0.25) is 0 Å². The topological polar surface area (TPSA) is 157 Å². The fraction of sp³-hybridized carbons (Fsp3) is 0.528. The van der Waals surface area contributed by atoms with Crippen molar-refractivity contribution in [2.24, 2.45) is 5.73 Å². The minimum Gasteiger partial charge on any atom is -0.458 e. The van der Waals surface area contributed by atoms with E-state index in [-0.39, 0.29) is 19.3 Å². The standard InChI is InChI=1S/C36H52N4O7/c1-10-24-16-18-26(19-17-24)30(31(42)38-28(33(44)46-35(4,5)6)22-25-14-12-11-13-15-25)40(23(2)3)32(43)27(20-21-29(37)41)39-34(45)47-36(7,8)9/h11-19,23,27-28,30H,10,20-22H2,1-9H3,(H2,37,41)(H,38,42)(H,39,45). The number of primary amides is 1. The van der Waals surface area contributed by atoms with Crippen molar-refractivity contribution in [3.63, 3.8) is 0 Å². The van der Waals surface area contributed by atoms with Crippen molar-refractivity contribution in [2.75, 3.05) is 0 Å². The van der Waals surface area contributed by atoms with Crippen LogP contribution in [0.3, 0.4) is 0 Å². The van der Waals surface area contributed by atoms with Gasteiger partial charge in [-0.3, -0.25) is 14.4 Å². The van der Waals surface area contributed by atoms with Gasteiger partial charge in [-0.15, -0.1) is 0 Å². The number of aryl methyl sites for hydroxylation is 1. The van der Waals surface area contributed by atoms with Gasteiger partial charge in [0.15, 0.2) is 0 Å². The highest BCUT2D eigenvalue weighted by molar-refractivity contribution is 5.94. The number of esters is 1. The molecule has 0 aliphatic rings. The summed E-state index contributed by atoms with van der Waals surface area (Å²) in [4.78, 5) is 68.2. The quantitative estimate of drug-likeness (QED) is 0.249. The van der Waals surface area contributed by atoms with E-state index < -0.39 is 65.2 Å². The molecule has 11 heteroatoms. The summed E-state index contributed by atoms with van der Waals surface area (Å²) in [6, 6.07) is 12.4. The van der Waals surface area contributed by atoms with Crippen LogP contribution in [0.5, 0.6) is 0 Å². The highest BCUT2D eigenvalue weighted by atomic mass is 16.6. The van der Waals surface area contributed by atoms with E-state index in [1.54, 1.807) is 67.5 Å². The lowest BCUT2D eigenvalue weighted by Gasteiger charge is -2.38. The van der Waals surface area contributed by atoms with Crippen LogP contribution in [0.25, 0.3) is 0 Å². The Morgan fingerprint density at radius 2 is 1.36 bits per heavy atom. The maximum Gasteiger partial charge on any atom is 0.408 e. The van der Waals surface area contributed by atoms with Gasteiger partial charge in [-0.05, 0) is 84.9 Å². The Balaban J connectivity index is 2.62. The molecule has 0 fully saturated rings. The van der Waals surface area contributed by atoms with Crippen molar-refractivity contribution in [2.45, 2.75) is 123 Å². The van der Waals surface area contributed by atoms with Crippen LogP contribution in [0.4, 0.5) is 4.79 Å². The molecule has 0 saturated carbocycles. The summed E-state index contributed by atoms with van der Waals surface area (Å²) >= 11 is 0. The average molecular weight is 653 g/mol. The van der Waals surface area contributed by atoms with E-state index in [1.807, 2.05) is 49.4 Å². The maximum atomic E-state index is 14.4. The Kier molecular flexibility index (Phi) is 14.0. The summed E-state index contributed by atoms with van der Waals surface area (Å²) < 4.78 is 11.1. The molecule has 0 aliphatic carbocycles. The van der Waals surface area contributed by atoms with Crippen molar-refractivity contribution in [3.05, 3.63) is 71.3 Å². The number of nitrogens with two attached hydrogens (primary N) is 1. The average Bonchev–Trinajstić information content (AvgIpc) is 2.95. The first kappa shape index (κ1) is 38.8. The Bertz CT molecular complexity index is 1360. The minimum absolute atomic E-state index is 0.117. The number of nitrogens with zero attached hydrogens (tertiary/aromatic N) is 1. The van der Waals surface area contributed by atoms with Crippen molar-refractivity contribution in [1.29, 1.82) is 0 Å². The number of amides is 4. The van der Waals surface area contributed by atoms with Gasteiger partial charge in [0.1, 0.15) is 29.3 Å². The Morgan fingerprint density at radius 1 is 0.787 bits per heavy atom. The Labute approximate surface area is 278 Å². The maximum absolute atomic E-state index is 14.4. The van der Waals surface area contributed by atoms with Crippen LogP contribution < -0.4 is 16.4 Å².